The summed E-state index contributed by atoms with van der Waals surface area (Å²) < 4.78 is 26.8. The molecule has 6 nitrogen and oxygen atoms in total. The Morgan fingerprint density at radius 1 is 1.08 bits per heavy atom. The number of rotatable bonds is 7. The molecule has 25 heavy (non-hydrogen) atoms. The molecule has 1 aromatic carbocycles. The van der Waals surface area contributed by atoms with Gasteiger partial charge < -0.3 is 5.32 Å². The molecule has 2 rings (SSSR count). The molecular formula is C18H26N2O4S. The van der Waals surface area contributed by atoms with Crippen molar-refractivity contribution in [1.82, 2.24) is 10.0 Å². The van der Waals surface area contributed by atoms with Crippen LogP contribution in [0, 0.1) is 5.92 Å². The molecule has 0 heterocycles. The average Bonchev–Trinajstić information content (AvgIpc) is 2.57. The van der Waals surface area contributed by atoms with Gasteiger partial charge in [-0.15, -0.1) is 0 Å². The molecule has 7 heteroatoms. The molecule has 2 N–H and O–H groups in total. The summed E-state index contributed by atoms with van der Waals surface area (Å²) in [5.41, 5.74) is 0.458. The van der Waals surface area contributed by atoms with E-state index in [-0.39, 0.29) is 35.6 Å². The van der Waals surface area contributed by atoms with Gasteiger partial charge in [0.25, 0.3) is 0 Å². The highest BCUT2D eigenvalue weighted by atomic mass is 32.2. The predicted molar refractivity (Wildman–Crippen MR) is 95.8 cm³/mol. The van der Waals surface area contributed by atoms with Crippen LogP contribution in [0.2, 0.25) is 0 Å². The van der Waals surface area contributed by atoms with Crippen molar-refractivity contribution in [2.24, 2.45) is 5.92 Å². The van der Waals surface area contributed by atoms with E-state index in [0.29, 0.717) is 11.5 Å². The van der Waals surface area contributed by atoms with Gasteiger partial charge in [0.2, 0.25) is 15.9 Å². The normalized spacial score (nSPS) is 20.9. The van der Waals surface area contributed by atoms with Gasteiger partial charge in [-0.25, -0.2) is 13.1 Å². The average molecular weight is 366 g/mol. The molecule has 0 atom stereocenters. The van der Waals surface area contributed by atoms with E-state index in [9.17, 15) is 18.0 Å². The number of sulfonamides is 1. The molecule has 0 saturated heterocycles. The Labute approximate surface area is 149 Å². The fourth-order valence-corrected chi connectivity index (χ4v) is 3.99. The standard InChI is InChI=1S/C18H26N2O4S/c1-13-3-7-16(8-4-13)20-18(22)11-12-19-25(23,24)17-9-5-15(6-10-17)14(2)21/h5-6,9-10,13,16,19H,3-4,7-8,11-12H2,1-2H3,(H,20,22). The first kappa shape index (κ1) is 19.6. The van der Waals surface area contributed by atoms with Crippen molar-refractivity contribution in [2.45, 2.75) is 56.9 Å². The van der Waals surface area contributed by atoms with Crippen LogP contribution in [0.3, 0.4) is 0 Å². The topological polar surface area (TPSA) is 92.3 Å². The van der Waals surface area contributed by atoms with Crippen molar-refractivity contribution in [3.05, 3.63) is 29.8 Å². The summed E-state index contributed by atoms with van der Waals surface area (Å²) in [4.78, 5) is 23.3. The van der Waals surface area contributed by atoms with Crippen LogP contribution < -0.4 is 10.0 Å². The fourth-order valence-electron chi connectivity index (χ4n) is 2.96. The Morgan fingerprint density at radius 3 is 2.24 bits per heavy atom. The Balaban J connectivity index is 1.79. The number of benzene rings is 1. The lowest BCUT2D eigenvalue weighted by atomic mass is 9.87. The highest BCUT2D eigenvalue weighted by molar-refractivity contribution is 7.89. The number of amides is 1. The van der Waals surface area contributed by atoms with E-state index in [1.807, 2.05) is 0 Å². The van der Waals surface area contributed by atoms with Crippen molar-refractivity contribution >= 4 is 21.7 Å². The highest BCUT2D eigenvalue weighted by Gasteiger charge is 2.20. The SMILES string of the molecule is CC(=O)c1ccc(S(=O)(=O)NCCC(=O)NC2CCC(C)CC2)cc1. The molecule has 1 amide bonds. The molecular weight excluding hydrogens is 340 g/mol. The van der Waals surface area contributed by atoms with Crippen LogP contribution in [-0.2, 0) is 14.8 Å². The van der Waals surface area contributed by atoms with Gasteiger partial charge in [0.15, 0.2) is 5.78 Å². The minimum Gasteiger partial charge on any atom is -0.353 e. The second kappa shape index (κ2) is 8.58. The van der Waals surface area contributed by atoms with E-state index in [4.69, 9.17) is 0 Å². The van der Waals surface area contributed by atoms with Gasteiger partial charge in [-0.1, -0.05) is 19.1 Å². The Kier molecular flexibility index (Phi) is 6.72. The van der Waals surface area contributed by atoms with Crippen molar-refractivity contribution in [3.63, 3.8) is 0 Å². The molecule has 1 aliphatic carbocycles. The van der Waals surface area contributed by atoms with E-state index < -0.39 is 10.0 Å². The zero-order chi connectivity index (χ0) is 18.4. The van der Waals surface area contributed by atoms with Gasteiger partial charge in [0.05, 0.1) is 4.90 Å². The number of nitrogens with one attached hydrogen (secondary N) is 2. The second-order valence-corrected chi connectivity index (χ2v) is 8.52. The third-order valence-corrected chi connectivity index (χ3v) is 6.07. The summed E-state index contributed by atoms with van der Waals surface area (Å²) in [5.74, 6) is 0.467. The van der Waals surface area contributed by atoms with Gasteiger partial charge in [-0.3, -0.25) is 9.59 Å². The van der Waals surface area contributed by atoms with E-state index in [0.717, 1.165) is 25.7 Å². The van der Waals surface area contributed by atoms with E-state index in [1.165, 1.54) is 31.2 Å². The molecule has 0 aromatic heterocycles. The van der Waals surface area contributed by atoms with Gasteiger partial charge in [0.1, 0.15) is 0 Å². The van der Waals surface area contributed by atoms with Crippen molar-refractivity contribution in [2.75, 3.05) is 6.54 Å². The first-order valence-electron chi connectivity index (χ1n) is 8.68. The molecule has 0 unspecified atom stereocenters. The van der Waals surface area contributed by atoms with Gasteiger partial charge in [-0.05, 0) is 50.7 Å². The van der Waals surface area contributed by atoms with Crippen molar-refractivity contribution in [1.29, 1.82) is 0 Å². The second-order valence-electron chi connectivity index (χ2n) is 6.75. The van der Waals surface area contributed by atoms with Gasteiger partial charge in [0, 0.05) is 24.6 Å². The Morgan fingerprint density at radius 2 is 1.68 bits per heavy atom. The highest BCUT2D eigenvalue weighted by Crippen LogP contribution is 2.23. The molecule has 1 aromatic rings. The number of hydrogen-bond acceptors (Lipinski definition) is 4. The zero-order valence-electron chi connectivity index (χ0n) is 14.7. The van der Waals surface area contributed by atoms with Crippen LogP contribution in [0.5, 0.6) is 0 Å². The van der Waals surface area contributed by atoms with Gasteiger partial charge >= 0.3 is 0 Å². The van der Waals surface area contributed by atoms with E-state index in [2.05, 4.69) is 17.0 Å². The predicted octanol–water partition coefficient (Wildman–Crippen LogP) is 2.25. The third-order valence-electron chi connectivity index (χ3n) is 4.60. The molecule has 0 spiro atoms. The van der Waals surface area contributed by atoms with E-state index in [1.54, 1.807) is 0 Å². The molecule has 1 aliphatic rings. The van der Waals surface area contributed by atoms with E-state index >= 15 is 0 Å². The maximum absolute atomic E-state index is 12.2. The van der Waals surface area contributed by atoms with Crippen LogP contribution >= 0.6 is 0 Å². The summed E-state index contributed by atoms with van der Waals surface area (Å²) in [6, 6.07) is 5.95. The molecule has 138 valence electrons. The number of ketones is 1. The van der Waals surface area contributed by atoms with Crippen molar-refractivity contribution < 1.29 is 18.0 Å². The molecule has 1 saturated carbocycles. The molecule has 0 aliphatic heterocycles. The first-order chi connectivity index (χ1) is 11.8. The largest absolute Gasteiger partial charge is 0.353 e. The van der Waals surface area contributed by atoms with Crippen LogP contribution in [0.15, 0.2) is 29.2 Å². The van der Waals surface area contributed by atoms with Crippen molar-refractivity contribution in [3.8, 4) is 0 Å². The lowest BCUT2D eigenvalue weighted by molar-refractivity contribution is -0.121. The number of Topliss-reactive ketones (excluding diaryl/α,β-unsaturated/α-hetero) is 1. The minimum atomic E-state index is -3.68. The number of carbonyl (C=O) groups excluding carboxylic acids is 2. The van der Waals surface area contributed by atoms with Crippen LogP contribution in [0.4, 0.5) is 0 Å². The number of hydrogen-bond donors (Lipinski definition) is 2. The molecule has 0 radical (unpaired) electrons. The smallest absolute Gasteiger partial charge is 0.240 e. The number of carbonyl (C=O) groups is 2. The van der Waals surface area contributed by atoms with Crippen LogP contribution in [0.1, 0.15) is 56.3 Å². The quantitative estimate of drug-likeness (QED) is 0.724. The lowest BCUT2D eigenvalue weighted by Gasteiger charge is -2.26. The zero-order valence-corrected chi connectivity index (χ0v) is 15.6. The summed E-state index contributed by atoms with van der Waals surface area (Å²) in [6.07, 6.45) is 4.32. The summed E-state index contributed by atoms with van der Waals surface area (Å²) in [7, 11) is -3.68. The third kappa shape index (κ3) is 5.93. The molecule has 1 fully saturated rings. The Hall–Kier alpha value is -1.73. The fraction of sp³-hybridized carbons (Fsp3) is 0.556. The summed E-state index contributed by atoms with van der Waals surface area (Å²) >= 11 is 0. The van der Waals surface area contributed by atoms with Gasteiger partial charge in [-0.2, -0.15) is 0 Å². The molecule has 0 bridgehead atoms. The maximum Gasteiger partial charge on any atom is 0.240 e. The van der Waals surface area contributed by atoms with Crippen LogP contribution in [0.25, 0.3) is 0 Å². The summed E-state index contributed by atoms with van der Waals surface area (Å²) in [6.45, 7) is 3.69. The minimum absolute atomic E-state index is 0.0474. The lowest BCUT2D eigenvalue weighted by Crippen LogP contribution is -2.39. The van der Waals surface area contributed by atoms with Crippen LogP contribution in [-0.4, -0.2) is 32.7 Å². The Bertz CT molecular complexity index is 705. The monoisotopic (exact) mass is 366 g/mol. The first-order valence-corrected chi connectivity index (χ1v) is 10.2. The maximum atomic E-state index is 12.2. The summed E-state index contributed by atoms with van der Waals surface area (Å²) in [5, 5.41) is 2.97.